The molecule has 1 rings (SSSR count). The van der Waals surface area contributed by atoms with Crippen LogP contribution in [0.5, 0.6) is 0 Å². The van der Waals surface area contributed by atoms with Gasteiger partial charge < -0.3 is 5.11 Å². The molecule has 0 heterocycles. The minimum atomic E-state index is -0.618. The number of carbonyl (C=O) groups is 2. The van der Waals surface area contributed by atoms with Gasteiger partial charge in [0.25, 0.3) is 0 Å². The predicted molar refractivity (Wildman–Crippen MR) is 34.5 cm³/mol. The van der Waals surface area contributed by atoms with Crippen molar-refractivity contribution in [3.63, 3.8) is 0 Å². The molecule has 0 radical (unpaired) electrons. The third-order valence-electron chi connectivity index (χ3n) is 1.75. The van der Waals surface area contributed by atoms with Crippen LogP contribution >= 0.6 is 0 Å². The fourth-order valence-corrected chi connectivity index (χ4v) is 0.947. The van der Waals surface area contributed by atoms with Crippen LogP contribution in [0.1, 0.15) is 13.8 Å². The largest absolute Gasteiger partial charge is 0.511 e. The van der Waals surface area contributed by atoms with Crippen LogP contribution in [0.3, 0.4) is 0 Å². The number of carbonyl (C=O) groups excluding carboxylic acids is 2. The van der Waals surface area contributed by atoms with Gasteiger partial charge in [0.1, 0.15) is 5.76 Å². The predicted octanol–water partition coefficient (Wildman–Crippen LogP) is 0.606. The summed E-state index contributed by atoms with van der Waals surface area (Å²) in [5, 5.41) is 9.04. The van der Waals surface area contributed by atoms with Crippen molar-refractivity contribution in [3.8, 4) is 0 Å². The van der Waals surface area contributed by atoms with Crippen LogP contribution in [0.4, 0.5) is 0 Å². The second kappa shape index (κ2) is 1.94. The van der Waals surface area contributed by atoms with Crippen molar-refractivity contribution in [2.45, 2.75) is 13.8 Å². The van der Waals surface area contributed by atoms with Crippen LogP contribution in [-0.2, 0) is 9.59 Å². The van der Waals surface area contributed by atoms with Crippen molar-refractivity contribution in [3.05, 3.63) is 11.3 Å². The molecule has 0 bridgehead atoms. The molecule has 3 heteroatoms. The molecular formula is C7H8O3. The summed E-state index contributed by atoms with van der Waals surface area (Å²) in [6, 6.07) is 0. The number of hydrogen-bond donors (Lipinski definition) is 1. The summed E-state index contributed by atoms with van der Waals surface area (Å²) in [4.78, 5) is 21.5. The third kappa shape index (κ3) is 0.667. The number of aliphatic hydroxyl groups is 1. The van der Waals surface area contributed by atoms with E-state index in [1.54, 1.807) is 0 Å². The molecule has 1 aliphatic rings. The van der Waals surface area contributed by atoms with E-state index in [-0.39, 0.29) is 11.3 Å². The first-order valence-electron chi connectivity index (χ1n) is 3.04. The Balaban J connectivity index is 3.11. The Hall–Kier alpha value is -1.12. The zero-order valence-corrected chi connectivity index (χ0v) is 5.84. The summed E-state index contributed by atoms with van der Waals surface area (Å²) < 4.78 is 0. The van der Waals surface area contributed by atoms with Gasteiger partial charge in [-0.25, -0.2) is 0 Å². The Bertz CT molecular complexity index is 237. The molecule has 0 aromatic heterocycles. The molecular weight excluding hydrogens is 132 g/mol. The van der Waals surface area contributed by atoms with Crippen LogP contribution < -0.4 is 0 Å². The Kier molecular flexibility index (Phi) is 1.35. The van der Waals surface area contributed by atoms with Crippen LogP contribution in [0, 0.1) is 5.92 Å². The smallest absolute Gasteiger partial charge is 0.228 e. The monoisotopic (exact) mass is 140 g/mol. The first-order chi connectivity index (χ1) is 4.55. The van der Waals surface area contributed by atoms with Gasteiger partial charge in [0, 0.05) is 5.57 Å². The van der Waals surface area contributed by atoms with E-state index in [1.165, 1.54) is 13.8 Å². The minimum absolute atomic E-state index is 0.0741. The lowest BCUT2D eigenvalue weighted by Gasteiger charge is -1.96. The van der Waals surface area contributed by atoms with Gasteiger partial charge in [0.15, 0.2) is 0 Å². The van der Waals surface area contributed by atoms with Gasteiger partial charge in [0.2, 0.25) is 11.6 Å². The van der Waals surface area contributed by atoms with Crippen LogP contribution in [0.2, 0.25) is 0 Å². The number of Topliss-reactive ketones (excluding diaryl/α,β-unsaturated/α-hetero) is 2. The average Bonchev–Trinajstić information content (AvgIpc) is 2.07. The molecule has 0 aliphatic heterocycles. The Morgan fingerprint density at radius 3 is 2.00 bits per heavy atom. The number of allylic oxidation sites excluding steroid dienone is 2. The molecule has 0 saturated carbocycles. The normalized spacial score (nSPS) is 26.4. The summed E-state index contributed by atoms with van der Waals surface area (Å²) >= 11 is 0. The zero-order chi connectivity index (χ0) is 7.89. The van der Waals surface area contributed by atoms with E-state index in [1.807, 2.05) is 0 Å². The van der Waals surface area contributed by atoms with Gasteiger partial charge in [0.05, 0.1) is 5.92 Å². The maximum atomic E-state index is 10.8. The lowest BCUT2D eigenvalue weighted by atomic mass is 10.1. The summed E-state index contributed by atoms with van der Waals surface area (Å²) in [5.41, 5.74) is 0.192. The summed E-state index contributed by atoms with van der Waals surface area (Å²) in [6.07, 6.45) is 0. The summed E-state index contributed by atoms with van der Waals surface area (Å²) in [6.45, 7) is 2.98. The second-order valence-corrected chi connectivity index (χ2v) is 2.43. The molecule has 0 amide bonds. The van der Waals surface area contributed by atoms with Gasteiger partial charge >= 0.3 is 0 Å². The maximum Gasteiger partial charge on any atom is 0.228 e. The molecule has 0 spiro atoms. The highest BCUT2D eigenvalue weighted by atomic mass is 16.3. The Morgan fingerprint density at radius 1 is 1.40 bits per heavy atom. The molecule has 54 valence electrons. The lowest BCUT2D eigenvalue weighted by molar-refractivity contribution is -0.134. The second-order valence-electron chi connectivity index (χ2n) is 2.43. The number of rotatable bonds is 0. The number of ketones is 2. The molecule has 10 heavy (non-hydrogen) atoms. The average molecular weight is 140 g/mol. The topological polar surface area (TPSA) is 54.4 Å². The minimum Gasteiger partial charge on any atom is -0.511 e. The third-order valence-corrected chi connectivity index (χ3v) is 1.75. The first-order valence-corrected chi connectivity index (χ1v) is 3.04. The van der Waals surface area contributed by atoms with Crippen molar-refractivity contribution >= 4 is 11.6 Å². The maximum absolute atomic E-state index is 10.8. The molecule has 0 fully saturated rings. The zero-order valence-electron chi connectivity index (χ0n) is 5.84. The van der Waals surface area contributed by atoms with E-state index in [4.69, 9.17) is 5.11 Å². The first kappa shape index (κ1) is 6.99. The van der Waals surface area contributed by atoms with E-state index in [0.29, 0.717) is 0 Å². The van der Waals surface area contributed by atoms with E-state index < -0.39 is 17.5 Å². The number of hydrogen-bond acceptors (Lipinski definition) is 3. The highest BCUT2D eigenvalue weighted by Gasteiger charge is 2.35. The van der Waals surface area contributed by atoms with Gasteiger partial charge in [-0.1, -0.05) is 0 Å². The quantitative estimate of drug-likeness (QED) is 0.501. The Labute approximate surface area is 58.4 Å². The van der Waals surface area contributed by atoms with Crippen LogP contribution in [0.25, 0.3) is 0 Å². The van der Waals surface area contributed by atoms with E-state index in [2.05, 4.69) is 0 Å². The van der Waals surface area contributed by atoms with Gasteiger partial charge in [-0.2, -0.15) is 0 Å². The van der Waals surface area contributed by atoms with E-state index >= 15 is 0 Å². The van der Waals surface area contributed by atoms with Gasteiger partial charge in [-0.15, -0.1) is 0 Å². The summed E-state index contributed by atoms with van der Waals surface area (Å²) in [7, 11) is 0. The molecule has 1 atom stereocenters. The molecule has 1 N–H and O–H groups in total. The highest BCUT2D eigenvalue weighted by Crippen LogP contribution is 2.22. The number of aliphatic hydroxyl groups excluding tert-OH is 1. The summed E-state index contributed by atoms with van der Waals surface area (Å²) in [5.74, 6) is -1.75. The van der Waals surface area contributed by atoms with E-state index in [0.717, 1.165) is 0 Å². The fraction of sp³-hybridized carbons (Fsp3) is 0.429. The highest BCUT2D eigenvalue weighted by molar-refractivity contribution is 6.47. The Morgan fingerprint density at radius 2 is 1.90 bits per heavy atom. The molecule has 0 aromatic rings. The molecule has 0 saturated heterocycles. The molecule has 0 aromatic carbocycles. The van der Waals surface area contributed by atoms with Crippen molar-refractivity contribution in [2.24, 2.45) is 5.92 Å². The van der Waals surface area contributed by atoms with Crippen LogP contribution in [-0.4, -0.2) is 16.7 Å². The molecule has 1 aliphatic carbocycles. The van der Waals surface area contributed by atoms with Gasteiger partial charge in [-0.05, 0) is 13.8 Å². The van der Waals surface area contributed by atoms with Crippen molar-refractivity contribution in [2.75, 3.05) is 0 Å². The van der Waals surface area contributed by atoms with Crippen molar-refractivity contribution in [1.29, 1.82) is 0 Å². The van der Waals surface area contributed by atoms with E-state index in [9.17, 15) is 9.59 Å². The van der Waals surface area contributed by atoms with Crippen molar-refractivity contribution in [1.82, 2.24) is 0 Å². The SMILES string of the molecule is CC1=C(O)C(C)C(=O)C1=O. The van der Waals surface area contributed by atoms with Gasteiger partial charge in [-0.3, -0.25) is 9.59 Å². The van der Waals surface area contributed by atoms with Crippen LogP contribution in [0.15, 0.2) is 11.3 Å². The fourth-order valence-electron chi connectivity index (χ4n) is 0.947. The standard InChI is InChI=1S/C7H8O3/c1-3-5(8)4(2)7(10)6(3)9/h3,8H,1-2H3. The molecule has 3 nitrogen and oxygen atoms in total. The molecule has 1 unspecified atom stereocenters. The lowest BCUT2D eigenvalue weighted by Crippen LogP contribution is -2.13. The van der Waals surface area contributed by atoms with Crippen molar-refractivity contribution < 1.29 is 14.7 Å².